The van der Waals surface area contributed by atoms with Crippen LogP contribution in [0.4, 0.5) is 8.78 Å². The van der Waals surface area contributed by atoms with Crippen LogP contribution in [0, 0.1) is 11.6 Å². The molecule has 0 aliphatic rings. The summed E-state index contributed by atoms with van der Waals surface area (Å²) in [6.07, 6.45) is 0. The van der Waals surface area contributed by atoms with Crippen LogP contribution >= 0.6 is 0 Å². The van der Waals surface area contributed by atoms with Gasteiger partial charge < -0.3 is 15.4 Å². The lowest BCUT2D eigenvalue weighted by atomic mass is 9.97. The maximum absolute atomic E-state index is 14.0. The van der Waals surface area contributed by atoms with Gasteiger partial charge in [-0.2, -0.15) is 0 Å². The normalized spacial score (nSPS) is 12.5. The first kappa shape index (κ1) is 24.6. The topological polar surface area (TPSA) is 89.7 Å². The number of halogens is 2. The largest absolute Gasteiger partial charge is 0.461 e. The number of rotatable bonds is 8. The third kappa shape index (κ3) is 5.83. The standard InChI is InChI=1S/C26H24F2N2O4/c1-16(21-12-22(27)14-23(28)13-21)30(24(25(29)32)19-6-4-3-5-7-19)26(33)20-10-8-18(9-11-20)15-34-17(2)31/h3-14,16,24H,15H2,1-2H3,(H2,29,32)/t16-,24+/m1/s1. The van der Waals surface area contributed by atoms with Crippen molar-refractivity contribution in [3.05, 3.63) is 107 Å². The molecule has 2 amide bonds. The number of hydrogen-bond acceptors (Lipinski definition) is 4. The molecule has 34 heavy (non-hydrogen) atoms. The van der Waals surface area contributed by atoms with Gasteiger partial charge in [-0.15, -0.1) is 0 Å². The molecule has 3 rings (SSSR count). The number of primary amides is 1. The molecule has 0 saturated carbocycles. The van der Waals surface area contributed by atoms with Crippen molar-refractivity contribution in [2.75, 3.05) is 0 Å². The Morgan fingerprint density at radius 3 is 2.03 bits per heavy atom. The number of ether oxygens (including phenoxy) is 1. The lowest BCUT2D eigenvalue weighted by Gasteiger charge is -2.35. The average Bonchev–Trinajstić information content (AvgIpc) is 2.80. The van der Waals surface area contributed by atoms with Crippen molar-refractivity contribution < 1.29 is 27.9 Å². The van der Waals surface area contributed by atoms with Crippen LogP contribution in [0.5, 0.6) is 0 Å². The predicted molar refractivity (Wildman–Crippen MR) is 121 cm³/mol. The van der Waals surface area contributed by atoms with Crippen molar-refractivity contribution in [3.8, 4) is 0 Å². The molecule has 0 heterocycles. The Morgan fingerprint density at radius 1 is 0.912 bits per heavy atom. The number of benzene rings is 3. The molecule has 3 aromatic rings. The van der Waals surface area contributed by atoms with Gasteiger partial charge >= 0.3 is 5.97 Å². The van der Waals surface area contributed by atoms with Crippen molar-refractivity contribution in [2.24, 2.45) is 5.73 Å². The zero-order valence-electron chi connectivity index (χ0n) is 18.7. The van der Waals surface area contributed by atoms with Crippen LogP contribution < -0.4 is 5.73 Å². The van der Waals surface area contributed by atoms with Crippen molar-refractivity contribution >= 4 is 17.8 Å². The quantitative estimate of drug-likeness (QED) is 0.497. The molecule has 6 nitrogen and oxygen atoms in total. The Balaban J connectivity index is 2.05. The van der Waals surface area contributed by atoms with E-state index in [4.69, 9.17) is 10.5 Å². The Morgan fingerprint density at radius 2 is 1.50 bits per heavy atom. The number of hydrogen-bond donors (Lipinski definition) is 1. The minimum Gasteiger partial charge on any atom is -0.461 e. The minimum atomic E-state index is -1.20. The lowest BCUT2D eigenvalue weighted by Crippen LogP contribution is -2.43. The van der Waals surface area contributed by atoms with E-state index in [1.54, 1.807) is 49.4 Å². The number of nitrogens with two attached hydrogens (primary N) is 1. The van der Waals surface area contributed by atoms with Gasteiger partial charge in [-0.05, 0) is 47.9 Å². The Labute approximate surface area is 195 Å². The van der Waals surface area contributed by atoms with E-state index in [0.29, 0.717) is 11.1 Å². The summed E-state index contributed by atoms with van der Waals surface area (Å²) >= 11 is 0. The SMILES string of the molecule is CC(=O)OCc1ccc(C(=O)N([C@H](C)c2cc(F)cc(F)c2)[C@H](C(N)=O)c2ccccc2)cc1. The van der Waals surface area contributed by atoms with Gasteiger partial charge in [0.2, 0.25) is 5.91 Å². The van der Waals surface area contributed by atoms with Gasteiger partial charge in [-0.3, -0.25) is 14.4 Å². The summed E-state index contributed by atoms with van der Waals surface area (Å²) < 4.78 is 32.9. The third-order valence-electron chi connectivity index (χ3n) is 5.33. The Hall–Kier alpha value is -4.07. The van der Waals surface area contributed by atoms with Gasteiger partial charge in [0, 0.05) is 18.6 Å². The first-order valence-corrected chi connectivity index (χ1v) is 10.5. The molecule has 0 fully saturated rings. The fourth-order valence-corrected chi connectivity index (χ4v) is 3.67. The molecular formula is C26H24F2N2O4. The fourth-order valence-electron chi connectivity index (χ4n) is 3.67. The third-order valence-corrected chi connectivity index (χ3v) is 5.33. The number of carbonyl (C=O) groups is 3. The molecule has 0 bridgehead atoms. The second kappa shape index (κ2) is 10.7. The van der Waals surface area contributed by atoms with Gasteiger partial charge in [-0.1, -0.05) is 42.5 Å². The van der Waals surface area contributed by atoms with Gasteiger partial charge in [0.1, 0.15) is 24.3 Å². The van der Waals surface area contributed by atoms with E-state index in [2.05, 4.69) is 0 Å². The molecule has 8 heteroatoms. The molecule has 2 atom stereocenters. The highest BCUT2D eigenvalue weighted by atomic mass is 19.1. The van der Waals surface area contributed by atoms with Crippen LogP contribution in [0.3, 0.4) is 0 Å². The smallest absolute Gasteiger partial charge is 0.302 e. The average molecular weight is 466 g/mol. The van der Waals surface area contributed by atoms with E-state index in [0.717, 1.165) is 18.2 Å². The van der Waals surface area contributed by atoms with Crippen molar-refractivity contribution in [3.63, 3.8) is 0 Å². The second-order valence-electron chi connectivity index (χ2n) is 7.78. The van der Waals surface area contributed by atoms with E-state index >= 15 is 0 Å². The summed E-state index contributed by atoms with van der Waals surface area (Å²) in [6, 6.07) is 15.6. The lowest BCUT2D eigenvalue weighted by molar-refractivity contribution is -0.142. The Kier molecular flexibility index (Phi) is 7.73. The maximum Gasteiger partial charge on any atom is 0.302 e. The van der Waals surface area contributed by atoms with Gasteiger partial charge in [0.15, 0.2) is 0 Å². The number of nitrogens with zero attached hydrogens (tertiary/aromatic N) is 1. The van der Waals surface area contributed by atoms with Crippen molar-refractivity contribution in [2.45, 2.75) is 32.5 Å². The zero-order valence-corrected chi connectivity index (χ0v) is 18.7. The molecule has 0 aromatic heterocycles. The number of carbonyl (C=O) groups excluding carboxylic acids is 3. The van der Waals surface area contributed by atoms with E-state index in [1.165, 1.54) is 24.0 Å². The summed E-state index contributed by atoms with van der Waals surface area (Å²) in [5.41, 5.74) is 7.23. The molecule has 3 aromatic carbocycles. The van der Waals surface area contributed by atoms with Crippen LogP contribution in [0.25, 0.3) is 0 Å². The first-order chi connectivity index (χ1) is 16.2. The highest BCUT2D eigenvalue weighted by Crippen LogP contribution is 2.33. The first-order valence-electron chi connectivity index (χ1n) is 10.5. The van der Waals surface area contributed by atoms with Crippen LogP contribution in [-0.2, 0) is 20.9 Å². The molecular weight excluding hydrogens is 442 g/mol. The van der Waals surface area contributed by atoms with Crippen LogP contribution in [0.2, 0.25) is 0 Å². The predicted octanol–water partition coefficient (Wildman–Crippen LogP) is 4.46. The van der Waals surface area contributed by atoms with Gasteiger partial charge in [0.25, 0.3) is 5.91 Å². The van der Waals surface area contributed by atoms with E-state index in [9.17, 15) is 23.2 Å². The second-order valence-corrected chi connectivity index (χ2v) is 7.78. The molecule has 0 unspecified atom stereocenters. The molecule has 0 spiro atoms. The summed E-state index contributed by atoms with van der Waals surface area (Å²) in [5.74, 6) is -3.41. The molecule has 0 aliphatic carbocycles. The summed E-state index contributed by atoms with van der Waals surface area (Å²) in [4.78, 5) is 38.5. The highest BCUT2D eigenvalue weighted by molar-refractivity contribution is 5.98. The van der Waals surface area contributed by atoms with Crippen LogP contribution in [-0.4, -0.2) is 22.7 Å². The summed E-state index contributed by atoms with van der Waals surface area (Å²) in [5, 5.41) is 0. The van der Waals surface area contributed by atoms with Crippen LogP contribution in [0.1, 0.15) is 53.0 Å². The van der Waals surface area contributed by atoms with E-state index in [1.807, 2.05) is 0 Å². The van der Waals surface area contributed by atoms with Crippen molar-refractivity contribution in [1.82, 2.24) is 4.90 Å². The molecule has 2 N–H and O–H groups in total. The van der Waals surface area contributed by atoms with E-state index in [-0.39, 0.29) is 17.7 Å². The highest BCUT2D eigenvalue weighted by Gasteiger charge is 2.35. The maximum atomic E-state index is 14.0. The molecule has 0 saturated heterocycles. The minimum absolute atomic E-state index is 0.0421. The van der Waals surface area contributed by atoms with Crippen LogP contribution in [0.15, 0.2) is 72.8 Å². The monoisotopic (exact) mass is 466 g/mol. The summed E-state index contributed by atoms with van der Waals surface area (Å²) in [7, 11) is 0. The number of amides is 2. The number of esters is 1. The molecule has 0 radical (unpaired) electrons. The molecule has 176 valence electrons. The zero-order chi connectivity index (χ0) is 24.8. The fraction of sp³-hybridized carbons (Fsp3) is 0.192. The van der Waals surface area contributed by atoms with Crippen molar-refractivity contribution in [1.29, 1.82) is 0 Å². The summed E-state index contributed by atoms with van der Waals surface area (Å²) in [6.45, 7) is 2.90. The van der Waals surface area contributed by atoms with E-state index < -0.39 is 41.5 Å². The van der Waals surface area contributed by atoms with Gasteiger partial charge in [-0.25, -0.2) is 8.78 Å². The molecule has 0 aliphatic heterocycles. The van der Waals surface area contributed by atoms with Gasteiger partial charge in [0.05, 0.1) is 6.04 Å². The Bertz CT molecular complexity index is 1160.